The number of hydrogen-bond acceptors (Lipinski definition) is 6. The first-order valence-electron chi connectivity index (χ1n) is 9.12. The van der Waals surface area contributed by atoms with Crippen molar-refractivity contribution in [2.24, 2.45) is 0 Å². The largest absolute Gasteiger partial charge is 0.462 e. The minimum atomic E-state index is -0.466. The molecule has 0 atom stereocenters. The third kappa shape index (κ3) is 4.34. The van der Waals surface area contributed by atoms with Crippen molar-refractivity contribution in [3.05, 3.63) is 70.7 Å². The maximum Gasteiger partial charge on any atom is 0.340 e. The summed E-state index contributed by atoms with van der Waals surface area (Å²) in [4.78, 5) is 33.4. The van der Waals surface area contributed by atoms with E-state index in [1.54, 1.807) is 13.1 Å². The smallest absolute Gasteiger partial charge is 0.340 e. The number of ether oxygens (including phenoxy) is 2. The van der Waals surface area contributed by atoms with Crippen LogP contribution in [0.2, 0.25) is 0 Å². The molecule has 0 aliphatic rings. The number of aromatic nitrogens is 2. The van der Waals surface area contributed by atoms with Crippen LogP contribution < -0.4 is 0 Å². The number of esters is 2. The van der Waals surface area contributed by atoms with Gasteiger partial charge in [0.15, 0.2) is 0 Å². The quantitative estimate of drug-likeness (QED) is 0.609. The van der Waals surface area contributed by atoms with E-state index < -0.39 is 11.9 Å². The van der Waals surface area contributed by atoms with Crippen LogP contribution in [0.15, 0.2) is 42.6 Å². The molecule has 28 heavy (non-hydrogen) atoms. The van der Waals surface area contributed by atoms with Crippen molar-refractivity contribution in [1.82, 2.24) is 9.97 Å². The van der Waals surface area contributed by atoms with Crippen molar-refractivity contribution in [2.45, 2.75) is 33.8 Å². The molecular formula is C22H22N2O4. The van der Waals surface area contributed by atoms with Gasteiger partial charge < -0.3 is 9.47 Å². The van der Waals surface area contributed by atoms with Gasteiger partial charge in [-0.2, -0.15) is 0 Å². The van der Waals surface area contributed by atoms with Crippen molar-refractivity contribution < 1.29 is 19.1 Å². The van der Waals surface area contributed by atoms with E-state index >= 15 is 0 Å². The Balaban J connectivity index is 1.84. The van der Waals surface area contributed by atoms with E-state index in [2.05, 4.69) is 9.97 Å². The maximum atomic E-state index is 12.5. The van der Waals surface area contributed by atoms with Gasteiger partial charge >= 0.3 is 11.9 Å². The first-order valence-corrected chi connectivity index (χ1v) is 9.12. The van der Waals surface area contributed by atoms with Gasteiger partial charge in [-0.25, -0.2) is 9.78 Å². The third-order valence-corrected chi connectivity index (χ3v) is 4.40. The molecule has 2 heterocycles. The lowest BCUT2D eigenvalue weighted by atomic mass is 10.0. The number of carbonyl (C=O) groups is 2. The Labute approximate surface area is 163 Å². The molecule has 0 N–H and O–H groups in total. The minimum Gasteiger partial charge on any atom is -0.462 e. The summed E-state index contributed by atoms with van der Waals surface area (Å²) in [5.41, 5.74) is 3.89. The van der Waals surface area contributed by atoms with Crippen LogP contribution in [0, 0.1) is 13.8 Å². The summed E-state index contributed by atoms with van der Waals surface area (Å²) < 4.78 is 10.6. The summed E-state index contributed by atoms with van der Waals surface area (Å²) in [5.74, 6) is -0.875. The Morgan fingerprint density at radius 2 is 1.82 bits per heavy atom. The second-order valence-electron chi connectivity index (χ2n) is 6.44. The lowest BCUT2D eigenvalue weighted by molar-refractivity contribution is -0.144. The highest BCUT2D eigenvalue weighted by molar-refractivity contribution is 5.98. The normalized spacial score (nSPS) is 10.7. The van der Waals surface area contributed by atoms with Crippen LogP contribution in [0.1, 0.15) is 39.8 Å². The standard InChI is InChI=1S/C22H22N2O4/c1-4-27-22(26)21-15(3)17-7-5-6-8-18(17)24-19(21)13-28-20(25)11-16-10-9-14(2)23-12-16/h5-10,12H,4,11,13H2,1-3H3. The number of aryl methyl sites for hydroxylation is 2. The Hall–Kier alpha value is -3.28. The number of rotatable bonds is 6. The van der Waals surface area contributed by atoms with Gasteiger partial charge in [-0.15, -0.1) is 0 Å². The molecule has 0 amide bonds. The molecule has 0 saturated heterocycles. The zero-order valence-electron chi connectivity index (χ0n) is 16.2. The number of nitrogens with zero attached hydrogens (tertiary/aromatic N) is 2. The minimum absolute atomic E-state index is 0.0993. The summed E-state index contributed by atoms with van der Waals surface area (Å²) in [6, 6.07) is 11.2. The molecule has 1 aromatic carbocycles. The number of para-hydroxylation sites is 1. The van der Waals surface area contributed by atoms with E-state index in [-0.39, 0.29) is 19.6 Å². The topological polar surface area (TPSA) is 78.4 Å². The van der Waals surface area contributed by atoms with E-state index in [1.807, 2.05) is 50.2 Å². The van der Waals surface area contributed by atoms with Gasteiger partial charge in [0.1, 0.15) is 6.61 Å². The van der Waals surface area contributed by atoms with Crippen molar-refractivity contribution >= 4 is 22.8 Å². The van der Waals surface area contributed by atoms with Crippen LogP contribution in [-0.2, 0) is 27.3 Å². The molecule has 0 saturated carbocycles. The average Bonchev–Trinajstić information content (AvgIpc) is 2.68. The lowest BCUT2D eigenvalue weighted by Gasteiger charge is -2.14. The predicted octanol–water partition coefficient (Wildman–Crippen LogP) is 3.71. The molecule has 0 unspecified atom stereocenters. The van der Waals surface area contributed by atoms with Gasteiger partial charge in [0, 0.05) is 17.3 Å². The van der Waals surface area contributed by atoms with Gasteiger partial charge in [0.25, 0.3) is 0 Å². The number of fused-ring (bicyclic) bond motifs is 1. The molecule has 0 radical (unpaired) electrons. The Morgan fingerprint density at radius 3 is 2.54 bits per heavy atom. The van der Waals surface area contributed by atoms with Gasteiger partial charge in [0.05, 0.1) is 29.8 Å². The summed E-state index contributed by atoms with van der Waals surface area (Å²) >= 11 is 0. The van der Waals surface area contributed by atoms with Gasteiger partial charge in [0.2, 0.25) is 0 Å². The van der Waals surface area contributed by atoms with Crippen LogP contribution in [0.5, 0.6) is 0 Å². The van der Waals surface area contributed by atoms with E-state index in [0.717, 1.165) is 27.7 Å². The Morgan fingerprint density at radius 1 is 1.04 bits per heavy atom. The second kappa shape index (κ2) is 8.61. The average molecular weight is 378 g/mol. The second-order valence-corrected chi connectivity index (χ2v) is 6.44. The predicted molar refractivity (Wildman–Crippen MR) is 105 cm³/mol. The van der Waals surface area contributed by atoms with Crippen LogP contribution in [0.3, 0.4) is 0 Å². The molecule has 144 valence electrons. The fourth-order valence-corrected chi connectivity index (χ4v) is 2.99. The monoisotopic (exact) mass is 378 g/mol. The van der Waals surface area contributed by atoms with E-state index in [4.69, 9.17) is 9.47 Å². The Kier molecular flexibility index (Phi) is 5.99. The first-order chi connectivity index (χ1) is 13.5. The van der Waals surface area contributed by atoms with E-state index in [1.165, 1.54) is 0 Å². The number of benzene rings is 1. The van der Waals surface area contributed by atoms with E-state index in [0.29, 0.717) is 11.3 Å². The highest BCUT2D eigenvalue weighted by Gasteiger charge is 2.21. The highest BCUT2D eigenvalue weighted by atomic mass is 16.5. The molecule has 0 fully saturated rings. The number of carbonyl (C=O) groups excluding carboxylic acids is 2. The zero-order chi connectivity index (χ0) is 20.1. The molecule has 0 aliphatic heterocycles. The Bertz CT molecular complexity index is 1010. The van der Waals surface area contributed by atoms with Crippen LogP contribution >= 0.6 is 0 Å². The lowest BCUT2D eigenvalue weighted by Crippen LogP contribution is -2.15. The van der Waals surface area contributed by atoms with Gasteiger partial charge in [-0.05, 0) is 44.0 Å². The maximum absolute atomic E-state index is 12.5. The van der Waals surface area contributed by atoms with Crippen molar-refractivity contribution in [2.75, 3.05) is 6.61 Å². The van der Waals surface area contributed by atoms with Crippen molar-refractivity contribution in [3.8, 4) is 0 Å². The van der Waals surface area contributed by atoms with Crippen LogP contribution in [-0.4, -0.2) is 28.5 Å². The SMILES string of the molecule is CCOC(=O)c1c(COC(=O)Cc2ccc(C)nc2)nc2ccccc2c1C. The number of pyridine rings is 2. The van der Waals surface area contributed by atoms with Crippen molar-refractivity contribution in [1.29, 1.82) is 0 Å². The van der Waals surface area contributed by atoms with Crippen LogP contribution in [0.4, 0.5) is 0 Å². The molecule has 6 nitrogen and oxygen atoms in total. The molecule has 3 aromatic rings. The van der Waals surface area contributed by atoms with Gasteiger partial charge in [-0.3, -0.25) is 9.78 Å². The number of hydrogen-bond donors (Lipinski definition) is 0. The summed E-state index contributed by atoms with van der Waals surface area (Å²) in [6.07, 6.45) is 1.76. The van der Waals surface area contributed by atoms with Crippen LogP contribution in [0.25, 0.3) is 10.9 Å². The molecule has 3 rings (SSSR count). The molecule has 0 aliphatic carbocycles. The molecule has 0 spiro atoms. The third-order valence-electron chi connectivity index (χ3n) is 4.40. The molecule has 0 bridgehead atoms. The fraction of sp³-hybridized carbons (Fsp3) is 0.273. The molecule has 6 heteroatoms. The summed E-state index contributed by atoms with van der Waals surface area (Å²) in [7, 11) is 0. The zero-order valence-corrected chi connectivity index (χ0v) is 16.2. The van der Waals surface area contributed by atoms with Crippen molar-refractivity contribution in [3.63, 3.8) is 0 Å². The molecular weight excluding hydrogens is 356 g/mol. The summed E-state index contributed by atoms with van der Waals surface area (Å²) in [5, 5.41) is 0.867. The fourth-order valence-electron chi connectivity index (χ4n) is 2.99. The molecule has 2 aromatic heterocycles. The van der Waals surface area contributed by atoms with E-state index in [9.17, 15) is 9.59 Å². The first kappa shape index (κ1) is 19.5. The summed E-state index contributed by atoms with van der Waals surface area (Å²) in [6.45, 7) is 5.63. The highest BCUT2D eigenvalue weighted by Crippen LogP contribution is 2.24. The van der Waals surface area contributed by atoms with Gasteiger partial charge in [-0.1, -0.05) is 24.3 Å².